The molecular weight excluding hydrogens is 964 g/mol. The van der Waals surface area contributed by atoms with Crippen LogP contribution in [0.2, 0.25) is 0 Å². The van der Waals surface area contributed by atoms with Gasteiger partial charge < -0.3 is 19.1 Å². The molecule has 0 atom stereocenters. The van der Waals surface area contributed by atoms with Crippen LogP contribution in [0.3, 0.4) is 0 Å². The van der Waals surface area contributed by atoms with E-state index in [4.69, 9.17) is 9.72 Å². The molecule has 64 heavy (non-hydrogen) atoms. The van der Waals surface area contributed by atoms with Crippen LogP contribution >= 0.6 is 0 Å². The van der Waals surface area contributed by atoms with Crippen LogP contribution in [0.4, 0.5) is 11.4 Å². The van der Waals surface area contributed by atoms with E-state index in [2.05, 4.69) is 239 Å². The number of hydrogen-bond acceptors (Lipinski definition) is 4. The van der Waals surface area contributed by atoms with Crippen LogP contribution in [0.5, 0.6) is 11.5 Å². The monoisotopic (exact) mass is 1010 g/mol. The molecule has 1 aliphatic heterocycles. The minimum atomic E-state index is -0.216. The smallest absolute Gasteiger partial charge is 0.135 e. The number of fused-ring (bicyclic) bond motifs is 3. The molecule has 0 fully saturated rings. The molecule has 0 saturated heterocycles. The van der Waals surface area contributed by atoms with Crippen molar-refractivity contribution >= 4 is 33.2 Å². The second-order valence-electron chi connectivity index (χ2n) is 18.3. The molecule has 7 aromatic carbocycles. The fourth-order valence-electron chi connectivity index (χ4n) is 8.46. The predicted octanol–water partition coefficient (Wildman–Crippen LogP) is 15.2. The number of nitrogens with zero attached hydrogens (tertiary/aromatic N) is 4. The van der Waals surface area contributed by atoms with Gasteiger partial charge in [0.2, 0.25) is 0 Å². The first kappa shape index (κ1) is 42.6. The maximum atomic E-state index is 6.86. The van der Waals surface area contributed by atoms with Gasteiger partial charge in [-0.05, 0) is 86.8 Å². The molecule has 0 unspecified atom stereocenters. The Hall–Kier alpha value is -6.68. The third-order valence-corrected chi connectivity index (χ3v) is 11.8. The van der Waals surface area contributed by atoms with Gasteiger partial charge in [0.15, 0.2) is 0 Å². The van der Waals surface area contributed by atoms with Crippen LogP contribution in [-0.2, 0) is 26.5 Å². The molecule has 3 heterocycles. The van der Waals surface area contributed by atoms with E-state index in [1.807, 2.05) is 18.3 Å². The minimum Gasteiger partial charge on any atom is -0.509 e. The van der Waals surface area contributed by atoms with Crippen LogP contribution in [0.25, 0.3) is 61.0 Å². The Morgan fingerprint density at radius 3 is 1.73 bits per heavy atom. The molecule has 0 N–H and O–H groups in total. The van der Waals surface area contributed by atoms with Crippen molar-refractivity contribution in [1.82, 2.24) is 9.55 Å². The molecule has 2 aromatic heterocycles. The van der Waals surface area contributed by atoms with Crippen LogP contribution in [0.1, 0.15) is 47.1 Å². The van der Waals surface area contributed by atoms with E-state index in [0.717, 1.165) is 66.9 Å². The molecule has 6 heteroatoms. The van der Waals surface area contributed by atoms with Crippen molar-refractivity contribution in [3.8, 4) is 50.7 Å². The van der Waals surface area contributed by atoms with Gasteiger partial charge in [0.25, 0.3) is 0 Å². The Kier molecular flexibility index (Phi) is 11.4. The van der Waals surface area contributed by atoms with Crippen molar-refractivity contribution in [3.05, 3.63) is 212 Å². The first-order chi connectivity index (χ1) is 30.5. The van der Waals surface area contributed by atoms with E-state index in [9.17, 15) is 0 Å². The normalized spacial score (nSPS) is 13.0. The number of benzene rings is 7. The van der Waals surface area contributed by atoms with Crippen molar-refractivity contribution < 1.29 is 25.8 Å². The van der Waals surface area contributed by atoms with Gasteiger partial charge in [-0.15, -0.1) is 53.6 Å². The van der Waals surface area contributed by atoms with Gasteiger partial charge in [-0.25, -0.2) is 4.98 Å². The summed E-state index contributed by atoms with van der Waals surface area (Å²) in [6.07, 6.45) is 4.16. The van der Waals surface area contributed by atoms with E-state index in [-0.39, 0.29) is 31.9 Å². The first-order valence-corrected chi connectivity index (χ1v) is 21.6. The summed E-state index contributed by atoms with van der Waals surface area (Å²) < 4.78 is 9.06. The summed E-state index contributed by atoms with van der Waals surface area (Å²) in [6.45, 7) is 15.6. The maximum Gasteiger partial charge on any atom is 0.135 e. The zero-order chi connectivity index (χ0) is 43.3. The summed E-state index contributed by atoms with van der Waals surface area (Å²) in [5.41, 5.74) is 12.8. The molecule has 10 rings (SSSR count). The molecule has 5 nitrogen and oxygen atoms in total. The summed E-state index contributed by atoms with van der Waals surface area (Å²) >= 11 is 0. The van der Waals surface area contributed by atoms with Gasteiger partial charge in [0.05, 0.1) is 0 Å². The third kappa shape index (κ3) is 8.41. The van der Waals surface area contributed by atoms with E-state index in [1.165, 1.54) is 16.7 Å². The quantitative estimate of drug-likeness (QED) is 0.142. The van der Waals surface area contributed by atoms with Gasteiger partial charge in [0, 0.05) is 61.1 Å². The molecular formula is C58H49N4OPt-3. The van der Waals surface area contributed by atoms with Gasteiger partial charge in [0.1, 0.15) is 5.82 Å². The van der Waals surface area contributed by atoms with Crippen LogP contribution in [0, 0.1) is 24.2 Å². The van der Waals surface area contributed by atoms with Crippen LogP contribution in [-0.4, -0.2) is 9.55 Å². The third-order valence-electron chi connectivity index (χ3n) is 11.8. The van der Waals surface area contributed by atoms with Gasteiger partial charge in [-0.3, -0.25) is 0 Å². The van der Waals surface area contributed by atoms with E-state index < -0.39 is 0 Å². The Morgan fingerprint density at radius 1 is 0.531 bits per heavy atom. The molecule has 0 radical (unpaired) electrons. The predicted molar refractivity (Wildman–Crippen MR) is 261 cm³/mol. The zero-order valence-electron chi connectivity index (χ0n) is 36.9. The summed E-state index contributed by atoms with van der Waals surface area (Å²) in [4.78, 5) is 9.38. The SMILES string of the molecule is CC(C)(C)C1=CN(c2cc(-c3ccccc3)cc(-c3ccccc3)c2)[CH-]N1c1[c-]c(Oc2[c-]c3c(cc2)c2ccccc2n3-c2cc(C(C)(C)C)ccn2)cc(-c2ccccc2)c1.[Pt]. The number of aromatic nitrogens is 2. The van der Waals surface area contributed by atoms with Crippen molar-refractivity contribution in [1.29, 1.82) is 0 Å². The molecule has 0 spiro atoms. The number of hydrogen-bond donors (Lipinski definition) is 0. The molecule has 1 aliphatic rings. The standard InChI is InChI=1S/C58H49N4O.Pt/c1-57(2,3)46-28-29-59-56(35-46)62-53-25-17-16-24-51(53)52-27-26-49(37-54(52)62)63-50-34-45(42-22-14-9-15-23-42)33-48(36-50)61-39-60(38-55(61)58(4,5)6)47-31-43(40-18-10-7-11-19-40)30-44(32-47)41-20-12-8-13-21-41;/h7-35,38-39H,1-6H3;/q-3;. The number of ether oxygens (including phenoxy) is 1. The number of para-hydroxylation sites is 1. The van der Waals surface area contributed by atoms with Crippen molar-refractivity contribution in [2.45, 2.75) is 47.0 Å². The number of allylic oxidation sites excluding steroid dienone is 1. The zero-order valence-corrected chi connectivity index (χ0v) is 39.2. The Labute approximate surface area is 391 Å². The van der Waals surface area contributed by atoms with Gasteiger partial charge in [-0.1, -0.05) is 156 Å². The van der Waals surface area contributed by atoms with Gasteiger partial charge in [-0.2, -0.15) is 6.07 Å². The number of anilines is 2. The molecule has 0 saturated carbocycles. The topological polar surface area (TPSA) is 33.5 Å². The summed E-state index contributed by atoms with van der Waals surface area (Å²) in [6, 6.07) is 67.1. The van der Waals surface area contributed by atoms with E-state index >= 15 is 0 Å². The number of rotatable bonds is 8. The summed E-state index contributed by atoms with van der Waals surface area (Å²) in [7, 11) is 0. The Bertz CT molecular complexity index is 3090. The van der Waals surface area contributed by atoms with Crippen LogP contribution in [0.15, 0.2) is 188 Å². The Morgan fingerprint density at radius 2 is 1.12 bits per heavy atom. The van der Waals surface area contributed by atoms with Crippen molar-refractivity contribution in [2.75, 3.05) is 9.80 Å². The maximum absolute atomic E-state index is 6.86. The fraction of sp³-hybridized carbons (Fsp3) is 0.138. The molecule has 320 valence electrons. The fourth-order valence-corrected chi connectivity index (χ4v) is 8.46. The van der Waals surface area contributed by atoms with Gasteiger partial charge >= 0.3 is 0 Å². The van der Waals surface area contributed by atoms with Crippen molar-refractivity contribution in [2.24, 2.45) is 5.41 Å². The molecule has 0 bridgehead atoms. The largest absolute Gasteiger partial charge is 0.509 e. The van der Waals surface area contributed by atoms with Crippen LogP contribution < -0.4 is 14.5 Å². The average Bonchev–Trinajstić information content (AvgIpc) is 3.91. The first-order valence-electron chi connectivity index (χ1n) is 21.6. The number of pyridine rings is 1. The second-order valence-corrected chi connectivity index (χ2v) is 18.3. The average molecular weight is 1010 g/mol. The molecule has 0 aliphatic carbocycles. The molecule has 9 aromatic rings. The van der Waals surface area contributed by atoms with E-state index in [0.29, 0.717) is 11.5 Å². The molecule has 0 amide bonds. The second kappa shape index (κ2) is 17.1. The summed E-state index contributed by atoms with van der Waals surface area (Å²) in [5.74, 6) is 2.04. The van der Waals surface area contributed by atoms with E-state index in [1.54, 1.807) is 0 Å². The minimum absolute atomic E-state index is 0. The van der Waals surface area contributed by atoms with Crippen molar-refractivity contribution in [3.63, 3.8) is 0 Å². The summed E-state index contributed by atoms with van der Waals surface area (Å²) in [5, 5.41) is 2.22. The Balaban J connectivity index is 0.00000518.